The Hall–Kier alpha value is -1.95. The summed E-state index contributed by atoms with van der Waals surface area (Å²) in [7, 11) is 0. The van der Waals surface area contributed by atoms with Crippen LogP contribution in [0.2, 0.25) is 0 Å². The fourth-order valence-electron chi connectivity index (χ4n) is 5.07. The molecule has 0 aromatic carbocycles. The Kier molecular flexibility index (Phi) is 6.80. The molecule has 0 spiro atoms. The van der Waals surface area contributed by atoms with Crippen molar-refractivity contribution in [2.24, 2.45) is 5.92 Å². The molecular formula is C23H33N3O3. The molecule has 0 radical (unpaired) electrons. The summed E-state index contributed by atoms with van der Waals surface area (Å²) in [5.74, 6) is 1.20. The van der Waals surface area contributed by atoms with E-state index in [0.29, 0.717) is 44.8 Å². The maximum absolute atomic E-state index is 13.1. The first-order valence-corrected chi connectivity index (χ1v) is 11.3. The Morgan fingerprint density at radius 2 is 1.83 bits per heavy atom. The summed E-state index contributed by atoms with van der Waals surface area (Å²) in [6.45, 7) is 3.96. The standard InChI is InChI=1S/C23H33N3O3/c27-21(10-9-18-5-1-2-6-18)26-12-4-7-19(17-26)22-20(8-3-11-24-22)23(28)25-13-15-29-16-14-25/h3,8,11,18-19H,1-2,4-7,9-10,12-17H2/t19-/m0/s1. The fourth-order valence-corrected chi connectivity index (χ4v) is 5.07. The van der Waals surface area contributed by atoms with Crippen LogP contribution in [0.15, 0.2) is 18.3 Å². The lowest BCUT2D eigenvalue weighted by Gasteiger charge is -2.34. The Bertz CT molecular complexity index is 711. The summed E-state index contributed by atoms with van der Waals surface area (Å²) in [4.78, 5) is 34.4. The minimum atomic E-state index is 0.0427. The third kappa shape index (κ3) is 4.97. The lowest BCUT2D eigenvalue weighted by Crippen LogP contribution is -2.42. The van der Waals surface area contributed by atoms with Gasteiger partial charge in [-0.15, -0.1) is 0 Å². The number of rotatable bonds is 5. The van der Waals surface area contributed by atoms with Gasteiger partial charge in [0, 0.05) is 44.7 Å². The summed E-state index contributed by atoms with van der Waals surface area (Å²) < 4.78 is 5.38. The van der Waals surface area contributed by atoms with E-state index in [0.717, 1.165) is 37.4 Å². The Morgan fingerprint density at radius 1 is 1.03 bits per heavy atom. The van der Waals surface area contributed by atoms with Crippen LogP contribution in [0.4, 0.5) is 0 Å². The zero-order valence-corrected chi connectivity index (χ0v) is 17.4. The zero-order chi connectivity index (χ0) is 20.1. The number of carbonyl (C=O) groups is 2. The van der Waals surface area contributed by atoms with Crippen molar-refractivity contribution in [2.75, 3.05) is 39.4 Å². The topological polar surface area (TPSA) is 62.7 Å². The van der Waals surface area contributed by atoms with Crippen molar-refractivity contribution in [3.05, 3.63) is 29.6 Å². The van der Waals surface area contributed by atoms with E-state index in [1.165, 1.54) is 25.7 Å². The minimum absolute atomic E-state index is 0.0427. The highest BCUT2D eigenvalue weighted by Gasteiger charge is 2.30. The summed E-state index contributed by atoms with van der Waals surface area (Å²) >= 11 is 0. The van der Waals surface area contributed by atoms with E-state index in [4.69, 9.17) is 4.74 Å². The lowest BCUT2D eigenvalue weighted by atomic mass is 9.90. The quantitative estimate of drug-likeness (QED) is 0.763. The van der Waals surface area contributed by atoms with E-state index >= 15 is 0 Å². The van der Waals surface area contributed by atoms with Crippen LogP contribution >= 0.6 is 0 Å². The van der Waals surface area contributed by atoms with E-state index in [1.807, 2.05) is 21.9 Å². The van der Waals surface area contributed by atoms with E-state index in [9.17, 15) is 9.59 Å². The van der Waals surface area contributed by atoms with Gasteiger partial charge in [-0.2, -0.15) is 0 Å². The van der Waals surface area contributed by atoms with E-state index < -0.39 is 0 Å². The van der Waals surface area contributed by atoms with Gasteiger partial charge in [0.1, 0.15) is 0 Å². The predicted octanol–water partition coefficient (Wildman–Crippen LogP) is 3.23. The molecule has 158 valence electrons. The molecule has 2 aliphatic heterocycles. The first-order valence-electron chi connectivity index (χ1n) is 11.3. The van der Waals surface area contributed by atoms with Crippen LogP contribution in [0.25, 0.3) is 0 Å². The Morgan fingerprint density at radius 3 is 2.62 bits per heavy atom. The van der Waals surface area contributed by atoms with Gasteiger partial charge in [-0.3, -0.25) is 14.6 Å². The number of ether oxygens (including phenoxy) is 1. The SMILES string of the molecule is O=C(CCC1CCCC1)N1CCC[C@H](c2ncccc2C(=O)N2CCOCC2)C1. The van der Waals surface area contributed by atoms with Gasteiger partial charge in [0.2, 0.25) is 5.91 Å². The van der Waals surface area contributed by atoms with Crippen LogP contribution in [-0.4, -0.2) is 66.0 Å². The normalized spacial score (nSPS) is 23.4. The molecule has 3 heterocycles. The van der Waals surface area contributed by atoms with Crippen molar-refractivity contribution in [1.82, 2.24) is 14.8 Å². The van der Waals surface area contributed by atoms with Gasteiger partial charge in [0.15, 0.2) is 0 Å². The number of aromatic nitrogens is 1. The molecule has 3 fully saturated rings. The smallest absolute Gasteiger partial charge is 0.255 e. The number of likely N-dealkylation sites (tertiary alicyclic amines) is 1. The molecule has 1 aliphatic carbocycles. The lowest BCUT2D eigenvalue weighted by molar-refractivity contribution is -0.132. The fraction of sp³-hybridized carbons (Fsp3) is 0.696. The van der Waals surface area contributed by atoms with Gasteiger partial charge in [0.25, 0.3) is 5.91 Å². The summed E-state index contributed by atoms with van der Waals surface area (Å²) in [6, 6.07) is 3.73. The Balaban J connectivity index is 1.41. The molecule has 1 saturated carbocycles. The highest BCUT2D eigenvalue weighted by molar-refractivity contribution is 5.95. The molecular weight excluding hydrogens is 366 g/mol. The van der Waals surface area contributed by atoms with E-state index in [2.05, 4.69) is 4.98 Å². The third-order valence-electron chi connectivity index (χ3n) is 6.77. The molecule has 1 aromatic rings. The van der Waals surface area contributed by atoms with Crippen LogP contribution in [0.1, 0.15) is 73.3 Å². The van der Waals surface area contributed by atoms with Gasteiger partial charge in [-0.05, 0) is 37.3 Å². The zero-order valence-electron chi connectivity index (χ0n) is 17.4. The molecule has 2 amide bonds. The average molecular weight is 400 g/mol. The van der Waals surface area contributed by atoms with Gasteiger partial charge >= 0.3 is 0 Å². The summed E-state index contributed by atoms with van der Waals surface area (Å²) in [5.41, 5.74) is 1.55. The van der Waals surface area contributed by atoms with Gasteiger partial charge < -0.3 is 14.5 Å². The van der Waals surface area contributed by atoms with Crippen LogP contribution in [-0.2, 0) is 9.53 Å². The number of morpholine rings is 1. The molecule has 29 heavy (non-hydrogen) atoms. The van der Waals surface area contributed by atoms with Crippen LogP contribution < -0.4 is 0 Å². The number of carbonyl (C=O) groups excluding carboxylic acids is 2. The summed E-state index contributed by atoms with van der Waals surface area (Å²) in [6.07, 6.45) is 10.6. The van der Waals surface area contributed by atoms with Gasteiger partial charge in [-0.25, -0.2) is 0 Å². The van der Waals surface area contributed by atoms with E-state index in [-0.39, 0.29) is 17.7 Å². The van der Waals surface area contributed by atoms with Crippen molar-refractivity contribution >= 4 is 11.8 Å². The van der Waals surface area contributed by atoms with Crippen molar-refractivity contribution < 1.29 is 14.3 Å². The van der Waals surface area contributed by atoms with Crippen molar-refractivity contribution in [1.29, 1.82) is 0 Å². The molecule has 0 N–H and O–H groups in total. The maximum atomic E-state index is 13.1. The van der Waals surface area contributed by atoms with Gasteiger partial charge in [0.05, 0.1) is 24.5 Å². The number of piperidine rings is 1. The molecule has 3 aliphatic rings. The minimum Gasteiger partial charge on any atom is -0.378 e. The van der Waals surface area contributed by atoms with Crippen LogP contribution in [0, 0.1) is 5.92 Å². The molecule has 6 nitrogen and oxygen atoms in total. The van der Waals surface area contributed by atoms with Crippen molar-refractivity contribution in [2.45, 2.75) is 57.3 Å². The molecule has 6 heteroatoms. The number of nitrogens with zero attached hydrogens (tertiary/aromatic N) is 3. The van der Waals surface area contributed by atoms with Crippen LogP contribution in [0.5, 0.6) is 0 Å². The first-order chi connectivity index (χ1) is 14.2. The average Bonchev–Trinajstić information content (AvgIpc) is 3.31. The molecule has 0 bridgehead atoms. The second-order valence-corrected chi connectivity index (χ2v) is 8.71. The predicted molar refractivity (Wildman–Crippen MR) is 111 cm³/mol. The number of pyridine rings is 1. The molecule has 0 unspecified atom stereocenters. The van der Waals surface area contributed by atoms with Crippen molar-refractivity contribution in [3.8, 4) is 0 Å². The highest BCUT2D eigenvalue weighted by atomic mass is 16.5. The van der Waals surface area contributed by atoms with Crippen molar-refractivity contribution in [3.63, 3.8) is 0 Å². The molecule has 2 saturated heterocycles. The van der Waals surface area contributed by atoms with Gasteiger partial charge in [-0.1, -0.05) is 25.7 Å². The summed E-state index contributed by atoms with van der Waals surface area (Å²) in [5, 5.41) is 0. The maximum Gasteiger partial charge on any atom is 0.255 e. The number of hydrogen-bond acceptors (Lipinski definition) is 4. The highest BCUT2D eigenvalue weighted by Crippen LogP contribution is 2.31. The first kappa shape index (κ1) is 20.3. The molecule has 1 atom stereocenters. The van der Waals surface area contributed by atoms with E-state index in [1.54, 1.807) is 6.20 Å². The third-order valence-corrected chi connectivity index (χ3v) is 6.77. The molecule has 4 rings (SSSR count). The number of hydrogen-bond donors (Lipinski definition) is 0. The second kappa shape index (κ2) is 9.70. The monoisotopic (exact) mass is 399 g/mol. The largest absolute Gasteiger partial charge is 0.378 e. The number of amides is 2. The van der Waals surface area contributed by atoms with Crippen LogP contribution in [0.3, 0.4) is 0 Å². The second-order valence-electron chi connectivity index (χ2n) is 8.71. The molecule has 1 aromatic heterocycles. The Labute approximate surface area is 173 Å².